The second kappa shape index (κ2) is 12.5. The molecular weight excluding hydrogens is 544 g/mol. The SMILES string of the molecule is COc1cccc(-c2nc3cc(OC)c(OC)cc3cc2CN(C[C@H]2CCCO2)C(=O)c2ccc(-n3cccn3)cc2)c1. The molecule has 3 heterocycles. The number of hydrogen-bond acceptors (Lipinski definition) is 7. The van der Waals surface area contributed by atoms with Crippen LogP contribution in [0.4, 0.5) is 0 Å². The lowest BCUT2D eigenvalue weighted by Gasteiger charge is -2.27. The van der Waals surface area contributed by atoms with Crippen molar-refractivity contribution in [2.75, 3.05) is 34.5 Å². The summed E-state index contributed by atoms with van der Waals surface area (Å²) < 4.78 is 24.4. The molecule has 6 rings (SSSR count). The van der Waals surface area contributed by atoms with E-state index >= 15 is 0 Å². The largest absolute Gasteiger partial charge is 0.497 e. The molecule has 0 spiro atoms. The van der Waals surface area contributed by atoms with Gasteiger partial charge in [0.2, 0.25) is 0 Å². The highest BCUT2D eigenvalue weighted by atomic mass is 16.5. The lowest BCUT2D eigenvalue weighted by atomic mass is 10.0. The van der Waals surface area contributed by atoms with Crippen molar-refractivity contribution in [3.05, 3.63) is 96.3 Å². The van der Waals surface area contributed by atoms with Gasteiger partial charge in [0.25, 0.3) is 5.91 Å². The predicted molar refractivity (Wildman–Crippen MR) is 164 cm³/mol. The first-order valence-electron chi connectivity index (χ1n) is 14.3. The molecule has 1 aliphatic heterocycles. The average molecular weight is 579 g/mol. The summed E-state index contributed by atoms with van der Waals surface area (Å²) in [5.41, 5.74) is 4.78. The molecule has 0 aliphatic carbocycles. The summed E-state index contributed by atoms with van der Waals surface area (Å²) in [6, 6.07) is 23.0. The number of pyridine rings is 1. The minimum Gasteiger partial charge on any atom is -0.497 e. The summed E-state index contributed by atoms with van der Waals surface area (Å²) >= 11 is 0. The predicted octanol–water partition coefficient (Wildman–Crippen LogP) is 5.93. The molecule has 5 aromatic rings. The van der Waals surface area contributed by atoms with E-state index < -0.39 is 0 Å². The molecule has 220 valence electrons. The van der Waals surface area contributed by atoms with Crippen molar-refractivity contribution >= 4 is 16.8 Å². The smallest absolute Gasteiger partial charge is 0.254 e. The van der Waals surface area contributed by atoms with Crippen LogP contribution >= 0.6 is 0 Å². The van der Waals surface area contributed by atoms with Crippen molar-refractivity contribution in [3.8, 4) is 34.2 Å². The van der Waals surface area contributed by atoms with Gasteiger partial charge in [-0.2, -0.15) is 5.10 Å². The number of amides is 1. The topological polar surface area (TPSA) is 87.9 Å². The van der Waals surface area contributed by atoms with E-state index in [1.165, 1.54) is 0 Å². The van der Waals surface area contributed by atoms with E-state index in [0.29, 0.717) is 36.8 Å². The Morgan fingerprint density at radius 2 is 1.79 bits per heavy atom. The van der Waals surface area contributed by atoms with Crippen molar-refractivity contribution in [1.82, 2.24) is 19.7 Å². The highest BCUT2D eigenvalue weighted by Gasteiger charge is 2.25. The number of nitrogens with zero attached hydrogens (tertiary/aromatic N) is 4. The van der Waals surface area contributed by atoms with Crippen LogP contribution in [0.5, 0.6) is 17.2 Å². The first-order valence-corrected chi connectivity index (χ1v) is 14.3. The van der Waals surface area contributed by atoms with Crippen molar-refractivity contribution in [1.29, 1.82) is 0 Å². The van der Waals surface area contributed by atoms with Gasteiger partial charge in [-0.05, 0) is 73.0 Å². The Balaban J connectivity index is 1.42. The first-order chi connectivity index (χ1) is 21.1. The van der Waals surface area contributed by atoms with Crippen LogP contribution < -0.4 is 14.2 Å². The summed E-state index contributed by atoms with van der Waals surface area (Å²) in [7, 11) is 4.87. The normalized spacial score (nSPS) is 14.5. The van der Waals surface area contributed by atoms with Crippen LogP contribution in [0.1, 0.15) is 28.8 Å². The summed E-state index contributed by atoms with van der Waals surface area (Å²) in [4.78, 5) is 21.1. The molecule has 1 saturated heterocycles. The zero-order chi connectivity index (χ0) is 29.8. The minimum absolute atomic E-state index is 0.0228. The van der Waals surface area contributed by atoms with Crippen LogP contribution in [0.25, 0.3) is 27.8 Å². The van der Waals surface area contributed by atoms with Gasteiger partial charge in [0.05, 0.1) is 44.3 Å². The fraction of sp³-hybridized carbons (Fsp3) is 0.265. The van der Waals surface area contributed by atoms with E-state index in [-0.39, 0.29) is 12.0 Å². The monoisotopic (exact) mass is 578 g/mol. The van der Waals surface area contributed by atoms with E-state index in [1.54, 1.807) is 32.2 Å². The number of carbonyl (C=O) groups is 1. The van der Waals surface area contributed by atoms with Crippen molar-refractivity contribution in [2.45, 2.75) is 25.5 Å². The number of rotatable bonds is 10. The maximum absolute atomic E-state index is 14.1. The molecule has 0 unspecified atom stereocenters. The molecule has 9 heteroatoms. The highest BCUT2D eigenvalue weighted by molar-refractivity contribution is 5.95. The lowest BCUT2D eigenvalue weighted by Crippen LogP contribution is -2.37. The zero-order valence-corrected chi connectivity index (χ0v) is 24.5. The van der Waals surface area contributed by atoms with E-state index in [1.807, 2.05) is 77.8 Å². The minimum atomic E-state index is -0.0773. The number of carbonyl (C=O) groups excluding carboxylic acids is 1. The van der Waals surface area contributed by atoms with Gasteiger partial charge < -0.3 is 23.8 Å². The fourth-order valence-corrected chi connectivity index (χ4v) is 5.51. The quantitative estimate of drug-likeness (QED) is 0.203. The first kappa shape index (κ1) is 28.2. The van der Waals surface area contributed by atoms with Gasteiger partial charge in [0.1, 0.15) is 5.75 Å². The van der Waals surface area contributed by atoms with Crippen LogP contribution in [0.3, 0.4) is 0 Å². The third-order valence-electron chi connectivity index (χ3n) is 7.72. The molecule has 0 bridgehead atoms. The number of hydrogen-bond donors (Lipinski definition) is 0. The van der Waals surface area contributed by atoms with Gasteiger partial charge in [-0.3, -0.25) is 4.79 Å². The molecule has 9 nitrogen and oxygen atoms in total. The molecule has 0 radical (unpaired) electrons. The zero-order valence-electron chi connectivity index (χ0n) is 24.5. The third kappa shape index (κ3) is 6.03. The van der Waals surface area contributed by atoms with Gasteiger partial charge in [0, 0.05) is 54.7 Å². The third-order valence-corrected chi connectivity index (χ3v) is 7.72. The molecule has 1 aliphatic rings. The standard InChI is InChI=1S/C34H34N4O5/c1-40-28-8-4-7-24(18-28)33-26(17-25-19-31(41-2)32(42-3)20-30(25)36-33)21-37(22-29-9-5-16-43-29)34(39)23-10-12-27(13-11-23)38-15-6-14-35-38/h4,6-8,10-15,17-20,29H,5,9,16,21-22H2,1-3H3/t29-/m1/s1. The Morgan fingerprint density at radius 1 is 0.977 bits per heavy atom. The van der Waals surface area contributed by atoms with Crippen molar-refractivity contribution in [3.63, 3.8) is 0 Å². The molecule has 43 heavy (non-hydrogen) atoms. The van der Waals surface area contributed by atoms with Crippen LogP contribution in [0, 0.1) is 0 Å². The summed E-state index contributed by atoms with van der Waals surface area (Å²) in [6.45, 7) is 1.52. The summed E-state index contributed by atoms with van der Waals surface area (Å²) in [5, 5.41) is 5.17. The molecule has 0 N–H and O–H groups in total. The number of benzene rings is 3. The van der Waals surface area contributed by atoms with E-state index in [0.717, 1.165) is 52.0 Å². The van der Waals surface area contributed by atoms with Gasteiger partial charge in [-0.25, -0.2) is 9.67 Å². The average Bonchev–Trinajstić information content (AvgIpc) is 3.78. The Bertz CT molecular complexity index is 1710. The Kier molecular flexibility index (Phi) is 8.24. The van der Waals surface area contributed by atoms with E-state index in [9.17, 15) is 4.79 Å². The lowest BCUT2D eigenvalue weighted by molar-refractivity contribution is 0.0507. The summed E-state index contributed by atoms with van der Waals surface area (Å²) in [6.07, 6.45) is 5.48. The van der Waals surface area contributed by atoms with E-state index in [4.69, 9.17) is 23.9 Å². The molecule has 1 atom stereocenters. The van der Waals surface area contributed by atoms with E-state index in [2.05, 4.69) is 11.2 Å². The van der Waals surface area contributed by atoms with Crippen LogP contribution in [-0.2, 0) is 11.3 Å². The molecule has 3 aromatic carbocycles. The Morgan fingerprint density at radius 3 is 2.49 bits per heavy atom. The second-order valence-corrected chi connectivity index (χ2v) is 10.4. The maximum Gasteiger partial charge on any atom is 0.254 e. The fourth-order valence-electron chi connectivity index (χ4n) is 5.51. The van der Waals surface area contributed by atoms with Crippen LogP contribution in [0.2, 0.25) is 0 Å². The number of aromatic nitrogens is 3. The van der Waals surface area contributed by atoms with Crippen LogP contribution in [-0.4, -0.2) is 66.2 Å². The molecule has 1 fully saturated rings. The molecular formula is C34H34N4O5. The molecule has 2 aromatic heterocycles. The number of fused-ring (bicyclic) bond motifs is 1. The Labute approximate surface area is 250 Å². The summed E-state index contributed by atoms with van der Waals surface area (Å²) in [5.74, 6) is 1.86. The van der Waals surface area contributed by atoms with Gasteiger partial charge in [-0.15, -0.1) is 0 Å². The van der Waals surface area contributed by atoms with Crippen molar-refractivity contribution < 1.29 is 23.7 Å². The van der Waals surface area contributed by atoms with Gasteiger partial charge in [-0.1, -0.05) is 12.1 Å². The highest BCUT2D eigenvalue weighted by Crippen LogP contribution is 2.35. The maximum atomic E-state index is 14.1. The number of methoxy groups -OCH3 is 3. The Hall–Kier alpha value is -4.89. The van der Waals surface area contributed by atoms with Gasteiger partial charge >= 0.3 is 0 Å². The van der Waals surface area contributed by atoms with Gasteiger partial charge in [0.15, 0.2) is 11.5 Å². The van der Waals surface area contributed by atoms with Crippen molar-refractivity contribution in [2.24, 2.45) is 0 Å². The number of ether oxygens (including phenoxy) is 4. The molecule has 1 amide bonds. The molecule has 0 saturated carbocycles. The second-order valence-electron chi connectivity index (χ2n) is 10.4. The van der Waals surface area contributed by atoms with Crippen LogP contribution in [0.15, 0.2) is 85.2 Å².